The van der Waals surface area contributed by atoms with Crippen LogP contribution in [0.25, 0.3) is 22.0 Å². The predicted octanol–water partition coefficient (Wildman–Crippen LogP) is 6.86. The molecule has 5 aromatic rings. The van der Waals surface area contributed by atoms with Crippen molar-refractivity contribution in [1.29, 1.82) is 0 Å². The molecule has 4 amide bonds. The lowest BCUT2D eigenvalue weighted by molar-refractivity contribution is -0.147. The zero-order chi connectivity index (χ0) is 43.4. The van der Waals surface area contributed by atoms with E-state index in [-0.39, 0.29) is 44.9 Å². The number of carbonyl (C=O) groups is 5. The summed E-state index contributed by atoms with van der Waals surface area (Å²) < 4.78 is 16.5. The van der Waals surface area contributed by atoms with E-state index in [2.05, 4.69) is 32.8 Å². The maximum absolute atomic E-state index is 14.4. The van der Waals surface area contributed by atoms with Gasteiger partial charge in [-0.1, -0.05) is 110 Å². The summed E-state index contributed by atoms with van der Waals surface area (Å²) in [5.41, 5.74) is 5.94. The van der Waals surface area contributed by atoms with Crippen molar-refractivity contribution in [3.63, 3.8) is 0 Å². The summed E-state index contributed by atoms with van der Waals surface area (Å²) in [6, 6.07) is 29.3. The van der Waals surface area contributed by atoms with Gasteiger partial charge in [-0.25, -0.2) is 14.4 Å². The van der Waals surface area contributed by atoms with Gasteiger partial charge < -0.3 is 40.5 Å². The Morgan fingerprint density at radius 3 is 2.00 bits per heavy atom. The van der Waals surface area contributed by atoms with Gasteiger partial charge in [0.05, 0.1) is 0 Å². The van der Waals surface area contributed by atoms with Crippen LogP contribution < -0.4 is 21.3 Å². The van der Waals surface area contributed by atoms with E-state index in [1.165, 1.54) is 6.08 Å². The van der Waals surface area contributed by atoms with Gasteiger partial charge in [0, 0.05) is 42.4 Å². The fourth-order valence-electron chi connectivity index (χ4n) is 7.42. The number of H-pyrrole nitrogens is 1. The van der Waals surface area contributed by atoms with E-state index in [4.69, 9.17) is 14.2 Å². The minimum atomic E-state index is -1.18. The molecule has 3 atom stereocenters. The molecule has 0 unspecified atom stereocenters. The predicted molar refractivity (Wildman–Crippen MR) is 233 cm³/mol. The molecule has 0 fully saturated rings. The largest absolute Gasteiger partial charge is 0.460 e. The third kappa shape index (κ3) is 11.9. The number of amides is 4. The Kier molecular flexibility index (Phi) is 14.6. The van der Waals surface area contributed by atoms with Crippen LogP contribution in [0.3, 0.4) is 0 Å². The number of aromatic amines is 1. The second-order valence-corrected chi connectivity index (χ2v) is 15.9. The summed E-state index contributed by atoms with van der Waals surface area (Å²) in [5, 5.41) is 12.0. The summed E-state index contributed by atoms with van der Waals surface area (Å²) >= 11 is 0. The van der Waals surface area contributed by atoms with E-state index in [0.717, 1.165) is 44.3 Å². The van der Waals surface area contributed by atoms with E-state index in [0.29, 0.717) is 6.42 Å². The highest BCUT2D eigenvalue weighted by atomic mass is 16.6. The first-order valence-corrected chi connectivity index (χ1v) is 20.5. The number of alkyl carbamates (subject to hydrolysis) is 2. The smallest absolute Gasteiger partial charge is 0.407 e. The topological polar surface area (TPSA) is 177 Å². The summed E-state index contributed by atoms with van der Waals surface area (Å²) in [6.07, 6.45) is 2.33. The van der Waals surface area contributed by atoms with Crippen molar-refractivity contribution < 1.29 is 38.2 Å². The maximum Gasteiger partial charge on any atom is 0.407 e. The molecule has 1 heterocycles. The zero-order valence-electron chi connectivity index (χ0n) is 34.7. The lowest BCUT2D eigenvalue weighted by Crippen LogP contribution is -2.57. The summed E-state index contributed by atoms with van der Waals surface area (Å²) in [5.74, 6) is -2.19. The van der Waals surface area contributed by atoms with Crippen LogP contribution in [0.1, 0.15) is 61.8 Å². The van der Waals surface area contributed by atoms with Crippen molar-refractivity contribution in [2.75, 3.05) is 19.8 Å². The normalized spacial score (nSPS) is 13.4. The van der Waals surface area contributed by atoms with Crippen LogP contribution in [0.4, 0.5) is 9.59 Å². The van der Waals surface area contributed by atoms with Crippen LogP contribution in [0, 0.1) is 0 Å². The van der Waals surface area contributed by atoms with Crippen molar-refractivity contribution in [2.24, 2.45) is 0 Å². The molecule has 0 aliphatic heterocycles. The summed E-state index contributed by atoms with van der Waals surface area (Å²) in [7, 11) is 0. The lowest BCUT2D eigenvalue weighted by atomic mass is 9.98. The van der Waals surface area contributed by atoms with E-state index < -0.39 is 53.7 Å². The summed E-state index contributed by atoms with van der Waals surface area (Å²) in [6.45, 7) is 8.97. The molecular formula is C48H53N5O8. The highest BCUT2D eigenvalue weighted by Crippen LogP contribution is 2.44. The minimum Gasteiger partial charge on any atom is -0.460 e. The number of fused-ring (bicyclic) bond motifs is 4. The molecule has 5 N–H and O–H groups in total. The molecule has 61 heavy (non-hydrogen) atoms. The monoisotopic (exact) mass is 827 g/mol. The number of benzene rings is 4. The lowest BCUT2D eigenvalue weighted by Gasteiger charge is -2.25. The molecule has 13 heteroatoms. The van der Waals surface area contributed by atoms with E-state index in [9.17, 15) is 24.0 Å². The molecule has 0 spiro atoms. The Hall–Kier alpha value is -6.89. The first-order chi connectivity index (χ1) is 29.4. The number of esters is 1. The van der Waals surface area contributed by atoms with Gasteiger partial charge in [-0.2, -0.15) is 0 Å². The maximum atomic E-state index is 14.4. The van der Waals surface area contributed by atoms with Gasteiger partial charge in [0.15, 0.2) is 0 Å². The quantitative estimate of drug-likeness (QED) is 0.0275. The highest BCUT2D eigenvalue weighted by Gasteiger charge is 2.33. The third-order valence-electron chi connectivity index (χ3n) is 10.2. The van der Waals surface area contributed by atoms with Crippen LogP contribution in [0.5, 0.6) is 0 Å². The molecule has 0 saturated heterocycles. The SMILES string of the molecule is C=CCOC(=O)[C@H](CCCNC(=O)OC(C)(C)C)NC(=O)[C@@H](Cc1ccccc1)NC(=O)[C@H](Cc1c[nH]c2ccccc12)NC(=O)OCC1c2ccccc2-c2ccccc21. The van der Waals surface area contributed by atoms with Gasteiger partial charge in [0.2, 0.25) is 11.8 Å². The molecule has 4 aromatic carbocycles. The van der Waals surface area contributed by atoms with Crippen LogP contribution >= 0.6 is 0 Å². The Balaban J connectivity index is 1.20. The fourth-order valence-corrected chi connectivity index (χ4v) is 7.42. The molecule has 0 saturated carbocycles. The first-order valence-electron chi connectivity index (χ1n) is 20.5. The number of nitrogens with one attached hydrogen (secondary N) is 5. The molecule has 318 valence electrons. The Labute approximate surface area is 355 Å². The third-order valence-corrected chi connectivity index (χ3v) is 10.2. The molecule has 13 nitrogen and oxygen atoms in total. The number of carbonyl (C=O) groups excluding carboxylic acids is 5. The van der Waals surface area contributed by atoms with Crippen molar-refractivity contribution in [1.82, 2.24) is 26.3 Å². The number of aromatic nitrogens is 1. The molecule has 1 aliphatic rings. The van der Waals surface area contributed by atoms with Gasteiger partial charge in [-0.05, 0) is 73.1 Å². The fraction of sp³-hybridized carbons (Fsp3) is 0.312. The number of hydrogen-bond donors (Lipinski definition) is 5. The highest BCUT2D eigenvalue weighted by molar-refractivity contribution is 5.94. The van der Waals surface area contributed by atoms with Gasteiger partial charge in [-0.3, -0.25) is 9.59 Å². The molecule has 1 aromatic heterocycles. The van der Waals surface area contributed by atoms with E-state index in [1.807, 2.05) is 103 Å². The van der Waals surface area contributed by atoms with E-state index >= 15 is 0 Å². The Morgan fingerprint density at radius 2 is 1.33 bits per heavy atom. The number of ether oxygens (including phenoxy) is 3. The summed E-state index contributed by atoms with van der Waals surface area (Å²) in [4.78, 5) is 71.0. The Morgan fingerprint density at radius 1 is 0.721 bits per heavy atom. The standard InChI is InChI=1S/C48H53N5O8/c1-5-26-59-45(56)40(24-15-25-49-46(57)61-48(2,3)4)51-43(54)41(27-31-16-7-6-8-17-31)52-44(55)42(28-32-29-50-39-23-14-13-18-33(32)39)53-47(58)60-30-38-36-21-11-9-19-34(36)35-20-10-12-22-37(35)38/h5-14,16-23,29,38,40-42,50H,1,15,24-28,30H2,2-4H3,(H,49,57)(H,51,54)(H,52,55)(H,53,58)/t40-,41+,42-/m0/s1. The molecule has 1 aliphatic carbocycles. The minimum absolute atomic E-state index is 0.0386. The first kappa shape index (κ1) is 43.7. The molecule has 0 radical (unpaired) electrons. The van der Waals surface area contributed by atoms with Gasteiger partial charge in [0.1, 0.15) is 36.9 Å². The van der Waals surface area contributed by atoms with E-state index in [1.54, 1.807) is 27.0 Å². The average Bonchev–Trinajstić information content (AvgIpc) is 3.80. The van der Waals surface area contributed by atoms with Crippen LogP contribution in [0.15, 0.2) is 122 Å². The van der Waals surface area contributed by atoms with Crippen LogP contribution in [-0.4, -0.2) is 78.4 Å². The average molecular weight is 828 g/mol. The van der Waals surface area contributed by atoms with Crippen molar-refractivity contribution in [3.8, 4) is 11.1 Å². The second kappa shape index (κ2) is 20.4. The zero-order valence-corrected chi connectivity index (χ0v) is 34.7. The van der Waals surface area contributed by atoms with Crippen LogP contribution in [0.2, 0.25) is 0 Å². The van der Waals surface area contributed by atoms with Gasteiger partial charge in [0.25, 0.3) is 0 Å². The number of rotatable bonds is 18. The van der Waals surface area contributed by atoms with Crippen LogP contribution in [-0.2, 0) is 41.4 Å². The molecule has 0 bridgehead atoms. The Bertz CT molecular complexity index is 2290. The van der Waals surface area contributed by atoms with Gasteiger partial charge >= 0.3 is 18.2 Å². The number of para-hydroxylation sites is 1. The molecular weight excluding hydrogens is 775 g/mol. The van der Waals surface area contributed by atoms with Crippen molar-refractivity contribution in [3.05, 3.63) is 144 Å². The second-order valence-electron chi connectivity index (χ2n) is 15.9. The molecule has 6 rings (SSSR count). The van der Waals surface area contributed by atoms with Gasteiger partial charge in [-0.15, -0.1) is 0 Å². The van der Waals surface area contributed by atoms with Crippen molar-refractivity contribution >= 4 is 40.9 Å². The number of hydrogen-bond acceptors (Lipinski definition) is 8. The van der Waals surface area contributed by atoms with Crippen molar-refractivity contribution in [2.45, 2.75) is 76.1 Å².